The quantitative estimate of drug-likeness (QED) is 0.430. The van der Waals surface area contributed by atoms with Crippen LogP contribution in [0.1, 0.15) is 47.8 Å². The van der Waals surface area contributed by atoms with Crippen LogP contribution in [0.4, 0.5) is 10.5 Å². The maximum absolute atomic E-state index is 14.0. The Balaban J connectivity index is 1.66. The van der Waals surface area contributed by atoms with E-state index in [1.54, 1.807) is 17.0 Å². The second-order valence-corrected chi connectivity index (χ2v) is 9.27. The van der Waals surface area contributed by atoms with Crippen molar-refractivity contribution in [2.75, 3.05) is 4.90 Å². The average Bonchev–Trinajstić information content (AvgIpc) is 2.79. The molecule has 0 aliphatic carbocycles. The first-order valence-electron chi connectivity index (χ1n) is 10.7. The molecule has 1 saturated heterocycles. The van der Waals surface area contributed by atoms with Gasteiger partial charge in [-0.3, -0.25) is 14.6 Å². The number of nitrogens with zero attached hydrogens (tertiary/aromatic N) is 2. The summed E-state index contributed by atoms with van der Waals surface area (Å²) in [5, 5.41) is 0. The van der Waals surface area contributed by atoms with Crippen LogP contribution in [0.15, 0.2) is 77.3 Å². The standard InChI is InChI=1S/C26H23BrN2O3/c1-3-17-7-6-8-20(15-17)29-25(31)28(24(30)18-11-13-19(27)14-12-18)22-16-26(29,2)32-23-10-5-4-9-21(22)23/h4-15,22H,3,16H2,1-2H3/t22-,26+/m0/s1. The fourth-order valence-corrected chi connectivity index (χ4v) is 4.93. The van der Waals surface area contributed by atoms with Crippen LogP contribution in [0.25, 0.3) is 0 Å². The normalized spacial score (nSPS) is 21.7. The van der Waals surface area contributed by atoms with E-state index in [4.69, 9.17) is 4.74 Å². The van der Waals surface area contributed by atoms with Crippen LogP contribution in [0, 0.1) is 0 Å². The number of urea groups is 1. The molecule has 0 aromatic heterocycles. The van der Waals surface area contributed by atoms with Gasteiger partial charge in [-0.05, 0) is 61.4 Å². The number of benzene rings is 3. The molecule has 0 N–H and O–H groups in total. The first kappa shape index (κ1) is 20.8. The molecule has 3 aromatic carbocycles. The largest absolute Gasteiger partial charge is 0.467 e. The van der Waals surface area contributed by atoms with Crippen molar-refractivity contribution in [3.63, 3.8) is 0 Å². The molecule has 162 valence electrons. The third kappa shape index (κ3) is 3.30. The van der Waals surface area contributed by atoms with E-state index in [0.717, 1.165) is 27.7 Å². The maximum atomic E-state index is 14.0. The fraction of sp³-hybridized carbons (Fsp3) is 0.231. The van der Waals surface area contributed by atoms with Gasteiger partial charge in [-0.1, -0.05) is 53.2 Å². The molecule has 3 amide bonds. The highest BCUT2D eigenvalue weighted by atomic mass is 79.9. The summed E-state index contributed by atoms with van der Waals surface area (Å²) in [5.41, 5.74) is 2.26. The molecule has 0 saturated carbocycles. The lowest BCUT2D eigenvalue weighted by molar-refractivity contribution is 0.00268. The number of halogens is 1. The molecule has 0 spiro atoms. The van der Waals surface area contributed by atoms with Crippen LogP contribution in [0.3, 0.4) is 0 Å². The second-order valence-electron chi connectivity index (χ2n) is 8.36. The van der Waals surface area contributed by atoms with Crippen molar-refractivity contribution in [3.8, 4) is 5.75 Å². The highest BCUT2D eigenvalue weighted by Crippen LogP contribution is 2.49. The molecule has 32 heavy (non-hydrogen) atoms. The summed E-state index contributed by atoms with van der Waals surface area (Å²) < 4.78 is 7.29. The van der Waals surface area contributed by atoms with Crippen LogP contribution in [0.2, 0.25) is 0 Å². The second kappa shape index (κ2) is 7.78. The van der Waals surface area contributed by atoms with E-state index in [1.165, 1.54) is 4.90 Å². The van der Waals surface area contributed by atoms with E-state index in [9.17, 15) is 9.59 Å². The predicted octanol–water partition coefficient (Wildman–Crippen LogP) is 6.33. The molecule has 1 fully saturated rings. The van der Waals surface area contributed by atoms with Gasteiger partial charge < -0.3 is 4.74 Å². The summed E-state index contributed by atoms with van der Waals surface area (Å²) in [4.78, 5) is 30.7. The number of rotatable bonds is 3. The van der Waals surface area contributed by atoms with Gasteiger partial charge in [0, 0.05) is 27.7 Å². The zero-order valence-corrected chi connectivity index (χ0v) is 19.5. The Labute approximate surface area is 195 Å². The number of aryl methyl sites for hydroxylation is 1. The number of anilines is 1. The van der Waals surface area contributed by atoms with Crippen molar-refractivity contribution in [2.24, 2.45) is 0 Å². The Bertz CT molecular complexity index is 1210. The minimum atomic E-state index is -0.904. The Morgan fingerprint density at radius 3 is 2.59 bits per heavy atom. The van der Waals surface area contributed by atoms with E-state index in [1.807, 2.05) is 67.6 Å². The third-order valence-electron chi connectivity index (χ3n) is 6.25. The predicted molar refractivity (Wildman–Crippen MR) is 127 cm³/mol. The number of imide groups is 1. The highest BCUT2D eigenvalue weighted by Gasteiger charge is 2.55. The number of carbonyl (C=O) groups excluding carboxylic acids is 2. The Morgan fingerprint density at radius 1 is 1.09 bits per heavy atom. The molecule has 2 aliphatic heterocycles. The van der Waals surface area contributed by atoms with Gasteiger partial charge in [0.2, 0.25) is 0 Å². The lowest BCUT2D eigenvalue weighted by Gasteiger charge is -2.53. The minimum Gasteiger partial charge on any atom is -0.467 e. The summed E-state index contributed by atoms with van der Waals surface area (Å²) in [6.07, 6.45) is 1.33. The smallest absolute Gasteiger partial charge is 0.335 e. The maximum Gasteiger partial charge on any atom is 0.335 e. The Morgan fingerprint density at radius 2 is 1.84 bits per heavy atom. The molecule has 2 aliphatic rings. The summed E-state index contributed by atoms with van der Waals surface area (Å²) in [5.74, 6) is 0.381. The van der Waals surface area contributed by atoms with Crippen LogP contribution >= 0.6 is 15.9 Å². The summed E-state index contributed by atoms with van der Waals surface area (Å²) in [6.45, 7) is 4.00. The van der Waals surface area contributed by atoms with E-state index in [0.29, 0.717) is 17.7 Å². The van der Waals surface area contributed by atoms with Crippen molar-refractivity contribution in [3.05, 3.63) is 94.0 Å². The SMILES string of the molecule is CCc1cccc(N2C(=O)N(C(=O)c3ccc(Br)cc3)[C@H]3C[C@@]2(C)Oc2ccccc23)c1. The summed E-state index contributed by atoms with van der Waals surface area (Å²) in [7, 11) is 0. The first-order valence-corrected chi connectivity index (χ1v) is 11.5. The van der Waals surface area contributed by atoms with Gasteiger partial charge in [-0.15, -0.1) is 0 Å². The van der Waals surface area contributed by atoms with Gasteiger partial charge in [-0.2, -0.15) is 0 Å². The number of carbonyl (C=O) groups is 2. The first-order chi connectivity index (χ1) is 15.4. The van der Waals surface area contributed by atoms with Crippen molar-refractivity contribution < 1.29 is 14.3 Å². The highest BCUT2D eigenvalue weighted by molar-refractivity contribution is 9.10. The molecule has 2 bridgehead atoms. The molecule has 0 unspecified atom stereocenters. The number of hydrogen-bond acceptors (Lipinski definition) is 3. The molecule has 0 radical (unpaired) electrons. The molecule has 2 atom stereocenters. The number of fused-ring (bicyclic) bond motifs is 4. The van der Waals surface area contributed by atoms with Crippen molar-refractivity contribution >= 4 is 33.6 Å². The Hall–Kier alpha value is -3.12. The average molecular weight is 491 g/mol. The van der Waals surface area contributed by atoms with E-state index >= 15 is 0 Å². The number of para-hydroxylation sites is 1. The van der Waals surface area contributed by atoms with Gasteiger partial charge in [-0.25, -0.2) is 4.79 Å². The molecule has 2 heterocycles. The number of amides is 3. The van der Waals surface area contributed by atoms with Gasteiger partial charge in [0.25, 0.3) is 5.91 Å². The third-order valence-corrected chi connectivity index (χ3v) is 6.78. The van der Waals surface area contributed by atoms with Crippen LogP contribution in [-0.2, 0) is 6.42 Å². The van der Waals surface area contributed by atoms with Gasteiger partial charge in [0.05, 0.1) is 6.04 Å². The zero-order valence-electron chi connectivity index (χ0n) is 17.9. The lowest BCUT2D eigenvalue weighted by atomic mass is 9.88. The van der Waals surface area contributed by atoms with E-state index in [2.05, 4.69) is 22.9 Å². The van der Waals surface area contributed by atoms with Gasteiger partial charge in [0.15, 0.2) is 5.72 Å². The van der Waals surface area contributed by atoms with Crippen molar-refractivity contribution in [1.82, 2.24) is 4.90 Å². The Kier molecular flexibility index (Phi) is 5.05. The minimum absolute atomic E-state index is 0.317. The van der Waals surface area contributed by atoms with Crippen molar-refractivity contribution in [1.29, 1.82) is 0 Å². The molecular weight excluding hydrogens is 468 g/mol. The molecular formula is C26H23BrN2O3. The van der Waals surface area contributed by atoms with Crippen LogP contribution in [0.5, 0.6) is 5.75 Å². The van der Waals surface area contributed by atoms with Gasteiger partial charge in [0.1, 0.15) is 5.75 Å². The summed E-state index contributed by atoms with van der Waals surface area (Å²) >= 11 is 3.41. The molecule has 6 heteroatoms. The zero-order chi connectivity index (χ0) is 22.5. The summed E-state index contributed by atoms with van der Waals surface area (Å²) in [6, 6.07) is 21.8. The topological polar surface area (TPSA) is 49.9 Å². The van der Waals surface area contributed by atoms with Crippen LogP contribution < -0.4 is 9.64 Å². The van der Waals surface area contributed by atoms with Crippen molar-refractivity contribution in [2.45, 2.75) is 38.5 Å². The van der Waals surface area contributed by atoms with Crippen LogP contribution in [-0.4, -0.2) is 22.6 Å². The number of ether oxygens (including phenoxy) is 1. The monoisotopic (exact) mass is 490 g/mol. The lowest BCUT2D eigenvalue weighted by Crippen LogP contribution is -2.67. The molecule has 5 rings (SSSR count). The molecule has 3 aromatic rings. The van der Waals surface area contributed by atoms with E-state index < -0.39 is 11.8 Å². The molecule has 5 nitrogen and oxygen atoms in total. The van der Waals surface area contributed by atoms with E-state index in [-0.39, 0.29) is 11.9 Å². The van der Waals surface area contributed by atoms with Gasteiger partial charge >= 0.3 is 6.03 Å². The fourth-order valence-electron chi connectivity index (χ4n) is 4.67. The number of hydrogen-bond donors (Lipinski definition) is 0.